The van der Waals surface area contributed by atoms with Crippen LogP contribution in [0.5, 0.6) is 0 Å². The van der Waals surface area contributed by atoms with Crippen LogP contribution in [-0.2, 0) is 0 Å². The molecule has 4 nitrogen and oxygen atoms in total. The topological polar surface area (TPSA) is 62.0 Å². The summed E-state index contributed by atoms with van der Waals surface area (Å²) in [6.45, 7) is 1.80. The van der Waals surface area contributed by atoms with Crippen LogP contribution in [0.3, 0.4) is 0 Å². The number of hydrogen-bond acceptors (Lipinski definition) is 2. The highest BCUT2D eigenvalue weighted by molar-refractivity contribution is 6.32. The Morgan fingerprint density at radius 1 is 1.00 bits per heavy atom. The van der Waals surface area contributed by atoms with E-state index >= 15 is 0 Å². The maximum absolute atomic E-state index is 12.4. The van der Waals surface area contributed by atoms with Gasteiger partial charge in [0.2, 0.25) is 0 Å². The molecule has 0 aliphatic carbocycles. The molecule has 1 heterocycles. The van der Waals surface area contributed by atoms with Gasteiger partial charge in [0.05, 0.1) is 0 Å². The van der Waals surface area contributed by atoms with Gasteiger partial charge in [-0.25, -0.2) is 0 Å². The Labute approximate surface area is 154 Å². The van der Waals surface area contributed by atoms with E-state index in [1.165, 1.54) is 6.07 Å². The molecular formula is C19H14Cl2N2O2. The molecular weight excluding hydrogens is 359 g/mol. The van der Waals surface area contributed by atoms with Gasteiger partial charge in [-0.15, -0.1) is 0 Å². The number of hydrogen-bond donors (Lipinski definition) is 2. The van der Waals surface area contributed by atoms with Gasteiger partial charge < -0.3 is 10.3 Å². The molecule has 6 heteroatoms. The minimum Gasteiger partial charge on any atom is -0.322 e. The molecule has 2 aromatic carbocycles. The lowest BCUT2D eigenvalue weighted by Crippen LogP contribution is -2.23. The highest BCUT2D eigenvalue weighted by Gasteiger charge is 2.13. The van der Waals surface area contributed by atoms with Crippen LogP contribution in [0.4, 0.5) is 5.69 Å². The molecule has 0 spiro atoms. The van der Waals surface area contributed by atoms with Crippen molar-refractivity contribution in [2.45, 2.75) is 6.92 Å². The van der Waals surface area contributed by atoms with Crippen molar-refractivity contribution in [1.82, 2.24) is 4.98 Å². The van der Waals surface area contributed by atoms with Crippen LogP contribution < -0.4 is 10.9 Å². The number of rotatable bonds is 3. The van der Waals surface area contributed by atoms with Gasteiger partial charge >= 0.3 is 0 Å². The molecule has 0 radical (unpaired) electrons. The van der Waals surface area contributed by atoms with Crippen LogP contribution in [0.1, 0.15) is 15.9 Å². The van der Waals surface area contributed by atoms with E-state index in [2.05, 4.69) is 10.3 Å². The van der Waals surface area contributed by atoms with E-state index in [0.29, 0.717) is 21.4 Å². The minimum atomic E-state index is -0.491. The molecule has 0 atom stereocenters. The van der Waals surface area contributed by atoms with Crippen LogP contribution >= 0.6 is 23.2 Å². The minimum absolute atomic E-state index is 0.0251. The average Bonchev–Trinajstić information content (AvgIpc) is 2.59. The normalized spacial score (nSPS) is 10.5. The van der Waals surface area contributed by atoms with Crippen LogP contribution in [0.2, 0.25) is 10.0 Å². The molecule has 0 saturated heterocycles. The van der Waals surface area contributed by atoms with Crippen molar-refractivity contribution in [3.05, 3.63) is 86.1 Å². The third-order valence-corrected chi connectivity index (χ3v) is 4.49. The molecule has 0 unspecified atom stereocenters. The maximum Gasteiger partial charge on any atom is 0.261 e. The lowest BCUT2D eigenvalue weighted by atomic mass is 10.1. The zero-order chi connectivity index (χ0) is 18.0. The second-order valence-corrected chi connectivity index (χ2v) is 6.33. The van der Waals surface area contributed by atoms with Crippen molar-refractivity contribution in [3.63, 3.8) is 0 Å². The van der Waals surface area contributed by atoms with Crippen molar-refractivity contribution < 1.29 is 4.79 Å². The second kappa shape index (κ2) is 7.13. The van der Waals surface area contributed by atoms with E-state index in [1.54, 1.807) is 55.5 Å². The second-order valence-electron chi connectivity index (χ2n) is 5.49. The SMILES string of the molecule is Cc1c(Cl)cccc1NC(=O)c1ccc(-c2ccc(Cl)cc2)[nH]c1=O. The Balaban J connectivity index is 1.88. The highest BCUT2D eigenvalue weighted by Crippen LogP contribution is 2.23. The van der Waals surface area contributed by atoms with Gasteiger partial charge in [-0.1, -0.05) is 41.4 Å². The van der Waals surface area contributed by atoms with E-state index in [0.717, 1.165) is 11.1 Å². The van der Waals surface area contributed by atoms with Crippen molar-refractivity contribution in [3.8, 4) is 11.3 Å². The summed E-state index contributed by atoms with van der Waals surface area (Å²) in [4.78, 5) is 27.4. The summed E-state index contributed by atoms with van der Waals surface area (Å²) in [5.41, 5.74) is 2.28. The van der Waals surface area contributed by atoms with Gasteiger partial charge in [0, 0.05) is 21.4 Å². The Kier molecular flexibility index (Phi) is 4.93. The van der Waals surface area contributed by atoms with Gasteiger partial charge in [0.1, 0.15) is 5.56 Å². The van der Waals surface area contributed by atoms with Gasteiger partial charge in [-0.2, -0.15) is 0 Å². The van der Waals surface area contributed by atoms with Crippen LogP contribution in [0.25, 0.3) is 11.3 Å². The lowest BCUT2D eigenvalue weighted by molar-refractivity contribution is 0.102. The largest absolute Gasteiger partial charge is 0.322 e. The summed E-state index contributed by atoms with van der Waals surface area (Å²) in [6, 6.07) is 15.4. The van der Waals surface area contributed by atoms with Crippen molar-refractivity contribution in [2.24, 2.45) is 0 Å². The average molecular weight is 373 g/mol. The van der Waals surface area contributed by atoms with Gasteiger partial charge in [0.25, 0.3) is 11.5 Å². The maximum atomic E-state index is 12.4. The van der Waals surface area contributed by atoms with Crippen LogP contribution in [0.15, 0.2) is 59.4 Å². The Bertz CT molecular complexity index is 995. The molecule has 0 fully saturated rings. The number of nitrogens with one attached hydrogen (secondary N) is 2. The highest BCUT2D eigenvalue weighted by atomic mass is 35.5. The van der Waals surface area contributed by atoms with Crippen molar-refractivity contribution >= 4 is 34.8 Å². The summed E-state index contributed by atoms with van der Waals surface area (Å²) in [6.07, 6.45) is 0. The molecule has 0 bridgehead atoms. The van der Waals surface area contributed by atoms with E-state index in [4.69, 9.17) is 23.2 Å². The number of H-pyrrole nitrogens is 1. The molecule has 0 aliphatic heterocycles. The number of benzene rings is 2. The molecule has 126 valence electrons. The molecule has 25 heavy (non-hydrogen) atoms. The standard InChI is InChI=1S/C19H14Cl2N2O2/c1-11-15(21)3-2-4-16(11)22-18(24)14-9-10-17(23-19(14)25)12-5-7-13(20)8-6-12/h2-10H,1H3,(H,22,24)(H,23,25). The summed E-state index contributed by atoms with van der Waals surface area (Å²) >= 11 is 11.9. The Morgan fingerprint density at radius 3 is 2.40 bits per heavy atom. The van der Waals surface area contributed by atoms with E-state index in [-0.39, 0.29) is 5.56 Å². The first-order valence-electron chi connectivity index (χ1n) is 7.51. The van der Waals surface area contributed by atoms with Crippen molar-refractivity contribution in [2.75, 3.05) is 5.32 Å². The van der Waals surface area contributed by atoms with Gasteiger partial charge in [-0.05, 0) is 54.4 Å². The third kappa shape index (κ3) is 3.76. The molecule has 3 aromatic rings. The summed E-state index contributed by atoms with van der Waals surface area (Å²) in [7, 11) is 0. The zero-order valence-electron chi connectivity index (χ0n) is 13.3. The fourth-order valence-electron chi connectivity index (χ4n) is 2.38. The molecule has 0 aliphatic rings. The number of aromatic nitrogens is 1. The Hall–Kier alpha value is -2.56. The lowest BCUT2D eigenvalue weighted by Gasteiger charge is -2.09. The van der Waals surface area contributed by atoms with Crippen LogP contribution in [0, 0.1) is 6.92 Å². The quantitative estimate of drug-likeness (QED) is 0.685. The predicted octanol–water partition coefficient (Wildman–Crippen LogP) is 4.91. The van der Waals surface area contributed by atoms with Gasteiger partial charge in [0.15, 0.2) is 0 Å². The molecule has 3 rings (SSSR count). The van der Waals surface area contributed by atoms with E-state index < -0.39 is 11.5 Å². The molecule has 2 N–H and O–H groups in total. The number of carbonyl (C=O) groups excluding carboxylic acids is 1. The van der Waals surface area contributed by atoms with E-state index in [9.17, 15) is 9.59 Å². The number of anilines is 1. The van der Waals surface area contributed by atoms with Crippen LogP contribution in [-0.4, -0.2) is 10.9 Å². The number of amides is 1. The Morgan fingerprint density at radius 2 is 1.72 bits per heavy atom. The smallest absolute Gasteiger partial charge is 0.261 e. The van der Waals surface area contributed by atoms with Crippen molar-refractivity contribution in [1.29, 1.82) is 0 Å². The number of pyridine rings is 1. The molecule has 1 aromatic heterocycles. The summed E-state index contributed by atoms with van der Waals surface area (Å²) in [5.74, 6) is -0.491. The first kappa shape index (κ1) is 17.3. The molecule has 0 saturated carbocycles. The molecule has 1 amide bonds. The summed E-state index contributed by atoms with van der Waals surface area (Å²) in [5, 5.41) is 3.87. The fraction of sp³-hybridized carbons (Fsp3) is 0.0526. The first-order chi connectivity index (χ1) is 12.0. The number of halogens is 2. The van der Waals surface area contributed by atoms with Gasteiger partial charge in [-0.3, -0.25) is 9.59 Å². The fourth-order valence-corrected chi connectivity index (χ4v) is 2.68. The van der Waals surface area contributed by atoms with E-state index in [1.807, 2.05) is 0 Å². The predicted molar refractivity (Wildman–Crippen MR) is 102 cm³/mol. The zero-order valence-corrected chi connectivity index (χ0v) is 14.8. The number of carbonyl (C=O) groups is 1. The summed E-state index contributed by atoms with van der Waals surface area (Å²) < 4.78 is 0. The number of aromatic amines is 1. The first-order valence-corrected chi connectivity index (χ1v) is 8.27. The monoisotopic (exact) mass is 372 g/mol. The third-order valence-electron chi connectivity index (χ3n) is 3.83.